The summed E-state index contributed by atoms with van der Waals surface area (Å²) in [4.78, 5) is 11.8. The zero-order valence-corrected chi connectivity index (χ0v) is 11.9. The highest BCUT2D eigenvalue weighted by molar-refractivity contribution is 5.83. The third kappa shape index (κ3) is 2.81. The summed E-state index contributed by atoms with van der Waals surface area (Å²) in [6.07, 6.45) is 2.06. The van der Waals surface area contributed by atoms with Gasteiger partial charge in [0.1, 0.15) is 0 Å². The predicted molar refractivity (Wildman–Crippen MR) is 74.4 cm³/mol. The van der Waals surface area contributed by atoms with Crippen LogP contribution >= 0.6 is 0 Å². The first-order valence-electron chi connectivity index (χ1n) is 6.81. The van der Waals surface area contributed by atoms with Crippen molar-refractivity contribution in [2.45, 2.75) is 51.0 Å². The van der Waals surface area contributed by atoms with Crippen molar-refractivity contribution in [3.05, 3.63) is 35.4 Å². The number of carboxylic acids is 1. The zero-order valence-electron chi connectivity index (χ0n) is 11.9. The summed E-state index contributed by atoms with van der Waals surface area (Å²) in [5, 5.41) is 9.68. The van der Waals surface area contributed by atoms with Crippen molar-refractivity contribution in [1.82, 2.24) is 0 Å². The fourth-order valence-corrected chi connectivity index (χ4v) is 2.81. The van der Waals surface area contributed by atoms with E-state index in [0.717, 1.165) is 12.0 Å². The van der Waals surface area contributed by atoms with Gasteiger partial charge < -0.3 is 9.84 Å². The molecule has 104 valence electrons. The first kappa shape index (κ1) is 14.1. The van der Waals surface area contributed by atoms with Crippen LogP contribution in [-0.4, -0.2) is 23.3 Å². The fraction of sp³-hybridized carbons (Fsp3) is 0.562. The quantitative estimate of drug-likeness (QED) is 0.906. The van der Waals surface area contributed by atoms with Crippen LogP contribution in [0.1, 0.15) is 44.7 Å². The number of carbonyl (C=O) groups is 1. The van der Waals surface area contributed by atoms with Gasteiger partial charge in [-0.05, 0) is 51.2 Å². The second-order valence-electron chi connectivity index (χ2n) is 6.26. The topological polar surface area (TPSA) is 46.5 Å². The Morgan fingerprint density at radius 3 is 2.68 bits per heavy atom. The first-order valence-corrected chi connectivity index (χ1v) is 6.81. The second-order valence-corrected chi connectivity index (χ2v) is 6.26. The summed E-state index contributed by atoms with van der Waals surface area (Å²) in [6, 6.07) is 7.88. The summed E-state index contributed by atoms with van der Waals surface area (Å²) in [5.41, 5.74) is 1.15. The van der Waals surface area contributed by atoms with Gasteiger partial charge in [-0.15, -0.1) is 0 Å². The molecule has 0 bridgehead atoms. The molecule has 3 nitrogen and oxygen atoms in total. The lowest BCUT2D eigenvalue weighted by atomic mass is 9.79. The number of hydrogen-bond acceptors (Lipinski definition) is 2. The molecule has 1 aliphatic rings. The van der Waals surface area contributed by atoms with Gasteiger partial charge in [0.25, 0.3) is 0 Å². The molecule has 0 saturated heterocycles. The average molecular weight is 262 g/mol. The van der Waals surface area contributed by atoms with Crippen molar-refractivity contribution in [2.75, 3.05) is 6.61 Å². The van der Waals surface area contributed by atoms with E-state index in [0.29, 0.717) is 19.4 Å². The molecule has 0 aliphatic heterocycles. The Labute approximate surface area is 114 Å². The summed E-state index contributed by atoms with van der Waals surface area (Å²) >= 11 is 0. The van der Waals surface area contributed by atoms with E-state index >= 15 is 0 Å². The van der Waals surface area contributed by atoms with Gasteiger partial charge in [-0.2, -0.15) is 0 Å². The molecular weight excluding hydrogens is 240 g/mol. The molecule has 1 aliphatic carbocycles. The molecule has 1 aromatic rings. The SMILES string of the molecule is CC(C)(C)OCCC1(C(=O)O)CCc2ccccc21. The van der Waals surface area contributed by atoms with Crippen molar-refractivity contribution in [1.29, 1.82) is 0 Å². The average Bonchev–Trinajstić information content (AvgIpc) is 2.68. The highest BCUT2D eigenvalue weighted by Crippen LogP contribution is 2.42. The lowest BCUT2D eigenvalue weighted by Crippen LogP contribution is -2.36. The molecule has 1 N–H and O–H groups in total. The molecule has 1 aromatic carbocycles. The van der Waals surface area contributed by atoms with Crippen LogP contribution in [-0.2, 0) is 21.4 Å². The van der Waals surface area contributed by atoms with Crippen LogP contribution in [0.4, 0.5) is 0 Å². The van der Waals surface area contributed by atoms with E-state index in [9.17, 15) is 9.90 Å². The number of benzene rings is 1. The van der Waals surface area contributed by atoms with Gasteiger partial charge >= 0.3 is 5.97 Å². The molecule has 0 spiro atoms. The summed E-state index contributed by atoms with van der Waals surface area (Å²) < 4.78 is 5.72. The summed E-state index contributed by atoms with van der Waals surface area (Å²) in [5.74, 6) is -0.727. The minimum atomic E-state index is -0.762. The second kappa shape index (κ2) is 4.97. The molecule has 0 heterocycles. The molecule has 0 fully saturated rings. The molecule has 1 atom stereocenters. The van der Waals surface area contributed by atoms with Crippen molar-refractivity contribution in [3.8, 4) is 0 Å². The third-order valence-corrected chi connectivity index (χ3v) is 3.83. The van der Waals surface area contributed by atoms with Gasteiger partial charge in [-0.3, -0.25) is 4.79 Å². The maximum atomic E-state index is 11.8. The van der Waals surface area contributed by atoms with Gasteiger partial charge in [0.2, 0.25) is 0 Å². The van der Waals surface area contributed by atoms with Crippen LogP contribution in [0.2, 0.25) is 0 Å². The summed E-state index contributed by atoms with van der Waals surface area (Å²) in [6.45, 7) is 6.44. The maximum absolute atomic E-state index is 11.8. The van der Waals surface area contributed by atoms with E-state index < -0.39 is 11.4 Å². The largest absolute Gasteiger partial charge is 0.481 e. The molecule has 0 saturated carbocycles. The summed E-state index contributed by atoms with van der Waals surface area (Å²) in [7, 11) is 0. The van der Waals surface area contributed by atoms with E-state index in [1.807, 2.05) is 45.0 Å². The maximum Gasteiger partial charge on any atom is 0.314 e. The van der Waals surface area contributed by atoms with Crippen LogP contribution in [0.3, 0.4) is 0 Å². The Kier molecular flexibility index (Phi) is 3.68. The van der Waals surface area contributed by atoms with Crippen LogP contribution in [0.15, 0.2) is 24.3 Å². The minimum absolute atomic E-state index is 0.224. The molecule has 0 aromatic heterocycles. The Bertz CT molecular complexity index is 473. The monoisotopic (exact) mass is 262 g/mol. The van der Waals surface area contributed by atoms with E-state index in [1.165, 1.54) is 5.56 Å². The highest BCUT2D eigenvalue weighted by Gasteiger charge is 2.45. The highest BCUT2D eigenvalue weighted by atomic mass is 16.5. The van der Waals surface area contributed by atoms with Crippen molar-refractivity contribution < 1.29 is 14.6 Å². The lowest BCUT2D eigenvalue weighted by Gasteiger charge is -2.28. The van der Waals surface area contributed by atoms with E-state index in [2.05, 4.69) is 0 Å². The van der Waals surface area contributed by atoms with E-state index in [-0.39, 0.29) is 5.60 Å². The van der Waals surface area contributed by atoms with Crippen LogP contribution < -0.4 is 0 Å². The van der Waals surface area contributed by atoms with Gasteiger partial charge in [0.05, 0.1) is 11.0 Å². The van der Waals surface area contributed by atoms with Crippen LogP contribution in [0.25, 0.3) is 0 Å². The number of fused-ring (bicyclic) bond motifs is 1. The number of aryl methyl sites for hydroxylation is 1. The van der Waals surface area contributed by atoms with Crippen molar-refractivity contribution >= 4 is 5.97 Å². The standard InChI is InChI=1S/C16H22O3/c1-15(2,3)19-11-10-16(14(17)18)9-8-12-6-4-5-7-13(12)16/h4-7H,8-11H2,1-3H3,(H,17,18). The molecule has 3 heteroatoms. The van der Waals surface area contributed by atoms with Crippen LogP contribution in [0, 0.1) is 0 Å². The number of hydrogen-bond donors (Lipinski definition) is 1. The van der Waals surface area contributed by atoms with Gasteiger partial charge in [0, 0.05) is 6.61 Å². The minimum Gasteiger partial charge on any atom is -0.481 e. The number of aliphatic carboxylic acids is 1. The lowest BCUT2D eigenvalue weighted by molar-refractivity contribution is -0.145. The molecule has 19 heavy (non-hydrogen) atoms. The van der Waals surface area contributed by atoms with Crippen molar-refractivity contribution in [2.24, 2.45) is 0 Å². The van der Waals surface area contributed by atoms with E-state index in [1.54, 1.807) is 0 Å². The van der Waals surface area contributed by atoms with E-state index in [4.69, 9.17) is 4.74 Å². The molecule has 0 amide bonds. The first-order chi connectivity index (χ1) is 8.85. The van der Waals surface area contributed by atoms with Crippen molar-refractivity contribution in [3.63, 3.8) is 0 Å². The zero-order chi connectivity index (χ0) is 14.1. The molecule has 0 radical (unpaired) electrons. The smallest absolute Gasteiger partial charge is 0.314 e. The Balaban J connectivity index is 2.20. The van der Waals surface area contributed by atoms with Crippen LogP contribution in [0.5, 0.6) is 0 Å². The van der Waals surface area contributed by atoms with Gasteiger partial charge in [0.15, 0.2) is 0 Å². The molecule has 1 unspecified atom stereocenters. The predicted octanol–water partition coefficient (Wildman–Crippen LogP) is 3.16. The Morgan fingerprint density at radius 1 is 1.37 bits per heavy atom. The molecular formula is C16H22O3. The number of carboxylic acid groups (broad SMARTS) is 1. The molecule has 2 rings (SSSR count). The van der Waals surface area contributed by atoms with Gasteiger partial charge in [-0.25, -0.2) is 0 Å². The number of ether oxygens (including phenoxy) is 1. The Morgan fingerprint density at radius 2 is 2.05 bits per heavy atom. The Hall–Kier alpha value is -1.35. The van der Waals surface area contributed by atoms with Gasteiger partial charge in [-0.1, -0.05) is 24.3 Å². The third-order valence-electron chi connectivity index (χ3n) is 3.83. The normalized spacial score (nSPS) is 22.3. The number of rotatable bonds is 4. The fourth-order valence-electron chi connectivity index (χ4n) is 2.81.